The second-order valence-electron chi connectivity index (χ2n) is 8.24. The predicted octanol–water partition coefficient (Wildman–Crippen LogP) is 7.92. The molecule has 3 aromatic carbocycles. The fourth-order valence-corrected chi connectivity index (χ4v) is 4.77. The Labute approximate surface area is 229 Å². The topological polar surface area (TPSA) is 82.8 Å². The van der Waals surface area contributed by atoms with Crippen LogP contribution in [-0.2, 0) is 4.79 Å². The lowest BCUT2D eigenvalue weighted by Gasteiger charge is -2.16. The number of nitriles is 1. The Bertz CT molecular complexity index is 1500. The minimum absolute atomic E-state index is 0.0473. The lowest BCUT2D eigenvalue weighted by molar-refractivity contribution is -0.115. The van der Waals surface area contributed by atoms with Gasteiger partial charge in [0.25, 0.3) is 0 Å². The molecule has 1 N–H and O–H groups in total. The van der Waals surface area contributed by atoms with Gasteiger partial charge in [0.2, 0.25) is 5.91 Å². The number of nitrogens with zero attached hydrogens (tertiary/aromatic N) is 2. The van der Waals surface area contributed by atoms with Crippen LogP contribution in [0.25, 0.3) is 22.4 Å². The van der Waals surface area contributed by atoms with Crippen LogP contribution in [0.5, 0.6) is 0 Å². The zero-order valence-electron chi connectivity index (χ0n) is 20.0. The van der Waals surface area contributed by atoms with Crippen molar-refractivity contribution in [2.24, 2.45) is 0 Å². The summed E-state index contributed by atoms with van der Waals surface area (Å²) in [5.74, 6) is -0.301. The first kappa shape index (κ1) is 26.4. The van der Waals surface area contributed by atoms with Gasteiger partial charge in [-0.2, -0.15) is 5.26 Å². The molecule has 1 heterocycles. The van der Waals surface area contributed by atoms with E-state index in [1.165, 1.54) is 18.7 Å². The smallest absolute Gasteiger partial charge is 0.237 e. The molecule has 0 unspecified atom stereocenters. The molecule has 0 aliphatic rings. The van der Waals surface area contributed by atoms with Crippen LogP contribution in [0.2, 0.25) is 10.0 Å². The van der Waals surface area contributed by atoms with Gasteiger partial charge in [0.15, 0.2) is 5.78 Å². The second kappa shape index (κ2) is 11.6. The lowest BCUT2D eigenvalue weighted by atomic mass is 9.99. The van der Waals surface area contributed by atoms with Crippen LogP contribution < -0.4 is 5.32 Å². The van der Waals surface area contributed by atoms with Gasteiger partial charge in [-0.15, -0.1) is 0 Å². The molecule has 0 aliphatic carbocycles. The van der Waals surface area contributed by atoms with Gasteiger partial charge >= 0.3 is 0 Å². The molecule has 0 spiro atoms. The van der Waals surface area contributed by atoms with Crippen molar-refractivity contribution in [1.82, 2.24) is 4.98 Å². The zero-order chi connectivity index (χ0) is 26.5. The number of rotatable bonds is 7. The highest BCUT2D eigenvalue weighted by Gasteiger charge is 2.22. The summed E-state index contributed by atoms with van der Waals surface area (Å²) in [5, 5.41) is 14.0. The highest BCUT2D eigenvalue weighted by atomic mass is 35.5. The average molecular weight is 546 g/mol. The van der Waals surface area contributed by atoms with Gasteiger partial charge < -0.3 is 5.32 Å². The maximum Gasteiger partial charge on any atom is 0.237 e. The zero-order valence-corrected chi connectivity index (χ0v) is 22.3. The van der Waals surface area contributed by atoms with Gasteiger partial charge in [-0.05, 0) is 74.0 Å². The number of carbonyl (C=O) groups excluding carboxylic acids is 2. The number of halogens is 2. The van der Waals surface area contributed by atoms with Crippen molar-refractivity contribution < 1.29 is 9.59 Å². The molecular weight excluding hydrogens is 525 g/mol. The van der Waals surface area contributed by atoms with Gasteiger partial charge in [-0.1, -0.05) is 59.2 Å². The van der Waals surface area contributed by atoms with Crippen LogP contribution in [0.4, 0.5) is 5.69 Å². The van der Waals surface area contributed by atoms with Crippen LogP contribution >= 0.6 is 35.0 Å². The number of benzene rings is 3. The normalized spacial score (nSPS) is 11.4. The summed E-state index contributed by atoms with van der Waals surface area (Å²) in [6.45, 7) is 3.24. The minimum Gasteiger partial charge on any atom is -0.325 e. The Morgan fingerprint density at radius 1 is 0.919 bits per heavy atom. The van der Waals surface area contributed by atoms with Crippen LogP contribution in [0.3, 0.4) is 0 Å². The molecule has 1 aromatic heterocycles. The molecule has 1 amide bonds. The number of pyridine rings is 1. The van der Waals surface area contributed by atoms with Crippen molar-refractivity contribution in [3.63, 3.8) is 0 Å². The third-order valence-electron chi connectivity index (χ3n) is 5.61. The molecule has 1 atom stereocenters. The van der Waals surface area contributed by atoms with E-state index in [2.05, 4.69) is 11.4 Å². The lowest BCUT2D eigenvalue weighted by Crippen LogP contribution is -2.22. The first-order chi connectivity index (χ1) is 17.7. The van der Waals surface area contributed by atoms with E-state index in [9.17, 15) is 14.9 Å². The monoisotopic (exact) mass is 545 g/mol. The summed E-state index contributed by atoms with van der Waals surface area (Å²) >= 11 is 13.4. The van der Waals surface area contributed by atoms with Gasteiger partial charge in [0, 0.05) is 32.4 Å². The molecule has 0 saturated carbocycles. The standard InChI is InChI=1S/C29H21Cl2N3O2S/c1-17(35)19-7-13-24(14-8-19)33-28(36)18(2)37-29-26(16-32)25(20-3-9-22(30)10-4-20)15-27(34-29)21-5-11-23(31)12-6-21/h3-15,18H,1-2H3,(H,33,36)/t18-/m1/s1. The molecule has 184 valence electrons. The van der Waals surface area contributed by atoms with Crippen molar-refractivity contribution >= 4 is 52.3 Å². The quantitative estimate of drug-likeness (QED) is 0.188. The highest BCUT2D eigenvalue weighted by Crippen LogP contribution is 2.36. The number of aromatic nitrogens is 1. The maximum atomic E-state index is 13.0. The fraction of sp³-hybridized carbons (Fsp3) is 0.103. The van der Waals surface area contributed by atoms with Gasteiger partial charge in [-0.3, -0.25) is 9.59 Å². The Hall–Kier alpha value is -3.63. The number of thioether (sulfide) groups is 1. The van der Waals surface area contributed by atoms with E-state index in [1.54, 1.807) is 55.5 Å². The molecule has 0 radical (unpaired) electrons. The number of Topliss-reactive ketones (excluding diaryl/α,β-unsaturated/α-hetero) is 1. The van der Waals surface area contributed by atoms with Gasteiger partial charge in [-0.25, -0.2) is 4.98 Å². The van der Waals surface area contributed by atoms with Gasteiger partial charge in [0.1, 0.15) is 11.1 Å². The Kier molecular flexibility index (Phi) is 8.30. The Balaban J connectivity index is 1.69. The second-order valence-corrected chi connectivity index (χ2v) is 10.4. The number of nitrogens with one attached hydrogen (secondary N) is 1. The number of carbonyl (C=O) groups is 2. The molecule has 37 heavy (non-hydrogen) atoms. The van der Waals surface area contributed by atoms with E-state index in [-0.39, 0.29) is 11.7 Å². The Morgan fingerprint density at radius 2 is 1.49 bits per heavy atom. The van der Waals surface area contributed by atoms with E-state index in [0.717, 1.165) is 11.1 Å². The summed E-state index contributed by atoms with van der Waals surface area (Å²) in [7, 11) is 0. The van der Waals surface area contributed by atoms with E-state index < -0.39 is 5.25 Å². The number of anilines is 1. The summed E-state index contributed by atoms with van der Waals surface area (Å²) in [5.41, 5.74) is 4.49. The molecule has 0 fully saturated rings. The molecule has 8 heteroatoms. The number of hydrogen-bond donors (Lipinski definition) is 1. The van der Waals surface area contributed by atoms with Crippen LogP contribution in [-0.4, -0.2) is 21.9 Å². The molecule has 0 bridgehead atoms. The van der Waals surface area contributed by atoms with Crippen LogP contribution in [0, 0.1) is 11.3 Å². The van der Waals surface area contributed by atoms with Gasteiger partial charge in [0.05, 0.1) is 16.5 Å². The molecule has 0 saturated heterocycles. The van der Waals surface area contributed by atoms with E-state index in [0.29, 0.717) is 43.1 Å². The first-order valence-corrected chi connectivity index (χ1v) is 12.9. The Morgan fingerprint density at radius 3 is 2.03 bits per heavy atom. The number of amides is 1. The summed E-state index contributed by atoms with van der Waals surface area (Å²) < 4.78 is 0. The van der Waals surface area contributed by atoms with Crippen molar-refractivity contribution in [2.75, 3.05) is 5.32 Å². The van der Waals surface area contributed by atoms with Crippen LogP contribution in [0.15, 0.2) is 83.9 Å². The SMILES string of the molecule is CC(=O)c1ccc(NC(=O)[C@@H](C)Sc2nc(-c3ccc(Cl)cc3)cc(-c3ccc(Cl)cc3)c2C#N)cc1. The average Bonchev–Trinajstić information content (AvgIpc) is 2.89. The third kappa shape index (κ3) is 6.39. The van der Waals surface area contributed by atoms with Crippen molar-refractivity contribution in [3.05, 3.63) is 100 Å². The fourth-order valence-electron chi connectivity index (χ4n) is 3.59. The van der Waals surface area contributed by atoms with Crippen LogP contribution in [0.1, 0.15) is 29.8 Å². The molecule has 4 aromatic rings. The maximum absolute atomic E-state index is 13.0. The van der Waals surface area contributed by atoms with Crippen molar-refractivity contribution in [2.45, 2.75) is 24.1 Å². The minimum atomic E-state index is -0.564. The number of ketones is 1. The predicted molar refractivity (Wildman–Crippen MR) is 150 cm³/mol. The highest BCUT2D eigenvalue weighted by molar-refractivity contribution is 8.00. The molecule has 4 rings (SSSR count). The molecule has 0 aliphatic heterocycles. The third-order valence-corrected chi connectivity index (χ3v) is 7.20. The summed E-state index contributed by atoms with van der Waals surface area (Å²) in [4.78, 5) is 29.2. The largest absolute Gasteiger partial charge is 0.325 e. The molecule has 5 nitrogen and oxygen atoms in total. The first-order valence-electron chi connectivity index (χ1n) is 11.3. The van der Waals surface area contributed by atoms with Crippen molar-refractivity contribution in [3.8, 4) is 28.5 Å². The molecular formula is C29H21Cl2N3O2S. The number of hydrogen-bond acceptors (Lipinski definition) is 5. The van der Waals surface area contributed by atoms with E-state index in [1.807, 2.05) is 30.3 Å². The van der Waals surface area contributed by atoms with Crippen molar-refractivity contribution in [1.29, 1.82) is 5.26 Å². The van der Waals surface area contributed by atoms with E-state index >= 15 is 0 Å². The van der Waals surface area contributed by atoms with E-state index in [4.69, 9.17) is 28.2 Å². The summed E-state index contributed by atoms with van der Waals surface area (Å²) in [6.07, 6.45) is 0. The summed E-state index contributed by atoms with van der Waals surface area (Å²) in [6, 6.07) is 25.3.